The van der Waals surface area contributed by atoms with Crippen molar-refractivity contribution in [3.8, 4) is 0 Å². The van der Waals surface area contributed by atoms with Crippen LogP contribution in [0.4, 0.5) is 5.69 Å². The molecular formula is C13H17BrN2O3S. The molecule has 1 atom stereocenters. The lowest BCUT2D eigenvalue weighted by Gasteiger charge is -2.10. The van der Waals surface area contributed by atoms with Crippen molar-refractivity contribution in [1.82, 2.24) is 5.32 Å². The van der Waals surface area contributed by atoms with Crippen LogP contribution in [0.3, 0.4) is 0 Å². The Kier molecular flexibility index (Phi) is 5.17. The van der Waals surface area contributed by atoms with Crippen molar-refractivity contribution in [2.75, 3.05) is 23.4 Å². The van der Waals surface area contributed by atoms with Gasteiger partial charge in [0.15, 0.2) is 9.84 Å². The number of sulfone groups is 1. The van der Waals surface area contributed by atoms with Crippen molar-refractivity contribution in [2.24, 2.45) is 0 Å². The average Bonchev–Trinajstić information content (AvgIpc) is 2.72. The van der Waals surface area contributed by atoms with Gasteiger partial charge in [0.25, 0.3) is 0 Å². The number of hydrogen-bond acceptors (Lipinski definition) is 4. The number of carbonyl (C=O) groups excluding carboxylic acids is 1. The molecule has 0 aliphatic carbocycles. The van der Waals surface area contributed by atoms with Crippen LogP contribution in [0, 0.1) is 0 Å². The summed E-state index contributed by atoms with van der Waals surface area (Å²) in [6.45, 7) is 0.489. The normalized spacial score (nSPS) is 20.8. The van der Waals surface area contributed by atoms with Crippen LogP contribution in [0.15, 0.2) is 28.7 Å². The summed E-state index contributed by atoms with van der Waals surface area (Å²) in [5.74, 6) is 0.345. The van der Waals surface area contributed by atoms with Crippen LogP contribution >= 0.6 is 15.9 Å². The highest BCUT2D eigenvalue weighted by Crippen LogP contribution is 2.14. The molecule has 5 nitrogen and oxygen atoms in total. The number of nitrogens with one attached hydrogen (secondary N) is 2. The van der Waals surface area contributed by atoms with Crippen LogP contribution < -0.4 is 10.6 Å². The van der Waals surface area contributed by atoms with E-state index >= 15 is 0 Å². The predicted octanol–water partition coefficient (Wildman–Crippen LogP) is 1.55. The number of rotatable bonds is 5. The molecule has 2 rings (SSSR count). The summed E-state index contributed by atoms with van der Waals surface area (Å²) < 4.78 is 23.5. The molecule has 1 aromatic carbocycles. The first kappa shape index (κ1) is 15.5. The lowest BCUT2D eigenvalue weighted by Crippen LogP contribution is -2.32. The summed E-state index contributed by atoms with van der Waals surface area (Å²) in [7, 11) is -2.87. The molecule has 1 amide bonds. The van der Waals surface area contributed by atoms with Gasteiger partial charge in [-0.05, 0) is 30.7 Å². The SMILES string of the molecule is O=C(CCNC1CCS(=O)(=O)C1)Nc1ccc(Br)cc1. The fraction of sp³-hybridized carbons (Fsp3) is 0.462. The molecule has 0 saturated carbocycles. The number of hydrogen-bond donors (Lipinski definition) is 2. The third-order valence-corrected chi connectivity index (χ3v) is 5.44. The fourth-order valence-electron chi connectivity index (χ4n) is 2.10. The Balaban J connectivity index is 1.69. The molecule has 110 valence electrons. The minimum Gasteiger partial charge on any atom is -0.326 e. The van der Waals surface area contributed by atoms with Gasteiger partial charge >= 0.3 is 0 Å². The van der Waals surface area contributed by atoms with Gasteiger partial charge in [0.1, 0.15) is 0 Å². The van der Waals surface area contributed by atoms with Crippen LogP contribution in [-0.4, -0.2) is 38.4 Å². The van der Waals surface area contributed by atoms with Crippen molar-refractivity contribution in [2.45, 2.75) is 18.9 Å². The molecule has 7 heteroatoms. The van der Waals surface area contributed by atoms with Crippen LogP contribution in [0.2, 0.25) is 0 Å². The van der Waals surface area contributed by atoms with E-state index in [0.29, 0.717) is 19.4 Å². The van der Waals surface area contributed by atoms with Crippen molar-refractivity contribution in [3.05, 3.63) is 28.7 Å². The maximum Gasteiger partial charge on any atom is 0.225 e. The third-order valence-electron chi connectivity index (χ3n) is 3.15. The van der Waals surface area contributed by atoms with Crippen molar-refractivity contribution < 1.29 is 13.2 Å². The van der Waals surface area contributed by atoms with Gasteiger partial charge in [-0.3, -0.25) is 4.79 Å². The first-order valence-electron chi connectivity index (χ1n) is 6.44. The molecule has 0 aromatic heterocycles. The Bertz CT molecular complexity index is 572. The Morgan fingerprint density at radius 2 is 2.00 bits per heavy atom. The molecule has 2 N–H and O–H groups in total. The maximum absolute atomic E-state index is 11.7. The molecular weight excluding hydrogens is 344 g/mol. The number of anilines is 1. The van der Waals surface area contributed by atoms with Gasteiger partial charge in [-0.1, -0.05) is 15.9 Å². The highest BCUT2D eigenvalue weighted by Gasteiger charge is 2.27. The second kappa shape index (κ2) is 6.69. The lowest BCUT2D eigenvalue weighted by atomic mass is 10.2. The summed E-state index contributed by atoms with van der Waals surface area (Å²) in [6.07, 6.45) is 0.962. The van der Waals surface area contributed by atoms with Gasteiger partial charge < -0.3 is 10.6 Å². The van der Waals surface area contributed by atoms with E-state index in [1.807, 2.05) is 24.3 Å². The maximum atomic E-state index is 11.7. The van der Waals surface area contributed by atoms with Gasteiger partial charge in [0.05, 0.1) is 11.5 Å². The van der Waals surface area contributed by atoms with Crippen molar-refractivity contribution in [1.29, 1.82) is 0 Å². The summed E-state index contributed by atoms with van der Waals surface area (Å²) >= 11 is 3.33. The number of halogens is 1. The molecule has 1 aromatic rings. The summed E-state index contributed by atoms with van der Waals surface area (Å²) in [6, 6.07) is 7.34. The van der Waals surface area contributed by atoms with E-state index in [2.05, 4.69) is 26.6 Å². The minimum absolute atomic E-state index is 0.0134. The number of amides is 1. The van der Waals surface area contributed by atoms with E-state index in [-0.39, 0.29) is 23.5 Å². The Hall–Kier alpha value is -0.920. The molecule has 1 heterocycles. The largest absolute Gasteiger partial charge is 0.326 e. The lowest BCUT2D eigenvalue weighted by molar-refractivity contribution is -0.116. The van der Waals surface area contributed by atoms with Gasteiger partial charge in [-0.2, -0.15) is 0 Å². The highest BCUT2D eigenvalue weighted by molar-refractivity contribution is 9.10. The van der Waals surface area contributed by atoms with Crippen LogP contribution in [0.5, 0.6) is 0 Å². The summed E-state index contributed by atoms with van der Waals surface area (Å²) in [5.41, 5.74) is 0.752. The zero-order valence-electron chi connectivity index (χ0n) is 10.9. The molecule has 0 radical (unpaired) electrons. The second-order valence-electron chi connectivity index (χ2n) is 4.86. The molecule has 0 spiro atoms. The van der Waals surface area contributed by atoms with E-state index in [1.54, 1.807) is 0 Å². The molecule has 1 unspecified atom stereocenters. The molecule has 1 aliphatic rings. The number of carbonyl (C=O) groups is 1. The first-order chi connectivity index (χ1) is 9.44. The van der Waals surface area contributed by atoms with Crippen LogP contribution in [-0.2, 0) is 14.6 Å². The monoisotopic (exact) mass is 360 g/mol. The molecule has 1 saturated heterocycles. The van der Waals surface area contributed by atoms with E-state index < -0.39 is 9.84 Å². The Morgan fingerprint density at radius 3 is 2.60 bits per heavy atom. The molecule has 20 heavy (non-hydrogen) atoms. The topological polar surface area (TPSA) is 75.3 Å². The zero-order valence-corrected chi connectivity index (χ0v) is 13.3. The standard InChI is InChI=1S/C13H17BrN2O3S/c14-10-1-3-11(4-2-10)16-13(17)5-7-15-12-6-8-20(18,19)9-12/h1-4,12,15H,5-9H2,(H,16,17). The summed E-state index contributed by atoms with van der Waals surface area (Å²) in [4.78, 5) is 11.7. The highest BCUT2D eigenvalue weighted by atomic mass is 79.9. The Labute approximate surface area is 127 Å². The Morgan fingerprint density at radius 1 is 1.30 bits per heavy atom. The van der Waals surface area contributed by atoms with E-state index in [1.165, 1.54) is 0 Å². The van der Waals surface area contributed by atoms with E-state index in [9.17, 15) is 13.2 Å². The molecule has 1 aliphatic heterocycles. The quantitative estimate of drug-likeness (QED) is 0.835. The van der Waals surface area contributed by atoms with Gasteiger partial charge in [-0.25, -0.2) is 8.42 Å². The fourth-order valence-corrected chi connectivity index (χ4v) is 4.07. The van der Waals surface area contributed by atoms with Crippen molar-refractivity contribution in [3.63, 3.8) is 0 Å². The zero-order chi connectivity index (χ0) is 14.6. The average molecular weight is 361 g/mol. The van der Waals surface area contributed by atoms with Crippen molar-refractivity contribution >= 4 is 37.4 Å². The van der Waals surface area contributed by atoms with Crippen LogP contribution in [0.1, 0.15) is 12.8 Å². The minimum atomic E-state index is -2.87. The van der Waals surface area contributed by atoms with Gasteiger partial charge in [0.2, 0.25) is 5.91 Å². The van der Waals surface area contributed by atoms with Gasteiger partial charge in [-0.15, -0.1) is 0 Å². The third kappa shape index (κ3) is 4.88. The predicted molar refractivity (Wildman–Crippen MR) is 82.5 cm³/mol. The smallest absolute Gasteiger partial charge is 0.225 e. The molecule has 1 fully saturated rings. The van der Waals surface area contributed by atoms with Crippen LogP contribution in [0.25, 0.3) is 0 Å². The molecule has 0 bridgehead atoms. The van der Waals surface area contributed by atoms with E-state index in [4.69, 9.17) is 0 Å². The number of benzene rings is 1. The van der Waals surface area contributed by atoms with Gasteiger partial charge in [0, 0.05) is 29.2 Å². The summed E-state index contributed by atoms with van der Waals surface area (Å²) in [5, 5.41) is 5.91. The van der Waals surface area contributed by atoms with E-state index in [0.717, 1.165) is 10.2 Å². The first-order valence-corrected chi connectivity index (χ1v) is 9.05. The second-order valence-corrected chi connectivity index (χ2v) is 8.00.